The number of hydrogen-bond donors (Lipinski definition) is 1. The number of aryl methyl sites for hydroxylation is 1. The zero-order chi connectivity index (χ0) is 16.2. The molecule has 0 amide bonds. The molecule has 2 aromatic carbocycles. The molecule has 3 rings (SSSR count). The summed E-state index contributed by atoms with van der Waals surface area (Å²) in [4.78, 5) is 15.8. The van der Waals surface area contributed by atoms with Gasteiger partial charge < -0.3 is 14.3 Å². The van der Waals surface area contributed by atoms with Gasteiger partial charge in [-0.25, -0.2) is 9.78 Å². The summed E-state index contributed by atoms with van der Waals surface area (Å²) in [5.41, 5.74) is 2.61. The summed E-state index contributed by atoms with van der Waals surface area (Å²) in [6.45, 7) is 0. The average Bonchev–Trinajstić information content (AvgIpc) is 3.03. The Morgan fingerprint density at radius 1 is 1.26 bits per heavy atom. The molecule has 0 aliphatic heterocycles. The van der Waals surface area contributed by atoms with E-state index in [0.717, 1.165) is 12.0 Å². The zero-order valence-corrected chi connectivity index (χ0v) is 12.7. The molecule has 0 aliphatic carbocycles. The number of oxazole rings is 1. The fourth-order valence-electron chi connectivity index (χ4n) is 2.40. The first kappa shape index (κ1) is 15.2. The molecule has 1 aromatic heterocycles. The standard InChI is InChI=1S/C18H17NO4/c1-22-18(21)13-8-10-16-14(11-13)19-17(23-16)15(20)9-7-12-5-3-2-4-6-12/h2-6,8,10-11,15,20H,7,9H2,1H3. The van der Waals surface area contributed by atoms with Crippen LogP contribution in [0.15, 0.2) is 52.9 Å². The maximum absolute atomic E-state index is 11.5. The monoisotopic (exact) mass is 311 g/mol. The lowest BCUT2D eigenvalue weighted by Gasteiger charge is -2.06. The Bertz CT molecular complexity index is 810. The number of carbonyl (C=O) groups is 1. The fraction of sp³-hybridized carbons (Fsp3) is 0.222. The molecule has 1 N–H and O–H groups in total. The minimum absolute atomic E-state index is 0.262. The number of methoxy groups -OCH3 is 1. The van der Waals surface area contributed by atoms with E-state index in [4.69, 9.17) is 4.42 Å². The summed E-state index contributed by atoms with van der Waals surface area (Å²) in [7, 11) is 1.33. The van der Waals surface area contributed by atoms with Gasteiger partial charge in [0.2, 0.25) is 5.89 Å². The van der Waals surface area contributed by atoms with Crippen molar-refractivity contribution in [3.05, 3.63) is 65.5 Å². The maximum atomic E-state index is 11.5. The van der Waals surface area contributed by atoms with Crippen molar-refractivity contribution in [3.8, 4) is 0 Å². The van der Waals surface area contributed by atoms with E-state index >= 15 is 0 Å². The molecule has 0 bridgehead atoms. The van der Waals surface area contributed by atoms with Crippen molar-refractivity contribution in [1.29, 1.82) is 0 Å². The maximum Gasteiger partial charge on any atom is 0.337 e. The average molecular weight is 311 g/mol. The second-order valence-electron chi connectivity index (χ2n) is 5.27. The highest BCUT2D eigenvalue weighted by molar-refractivity contribution is 5.93. The van der Waals surface area contributed by atoms with Gasteiger partial charge in [-0.2, -0.15) is 0 Å². The molecule has 0 saturated carbocycles. The number of ether oxygens (including phenoxy) is 1. The van der Waals surface area contributed by atoms with Crippen molar-refractivity contribution < 1.29 is 19.1 Å². The molecule has 0 radical (unpaired) electrons. The lowest BCUT2D eigenvalue weighted by atomic mass is 10.1. The van der Waals surface area contributed by atoms with Crippen LogP contribution in [-0.4, -0.2) is 23.2 Å². The summed E-state index contributed by atoms with van der Waals surface area (Å²) in [6, 6.07) is 14.8. The van der Waals surface area contributed by atoms with Gasteiger partial charge in [0, 0.05) is 0 Å². The number of nitrogens with zero attached hydrogens (tertiary/aromatic N) is 1. The van der Waals surface area contributed by atoms with Crippen LogP contribution in [0.4, 0.5) is 0 Å². The summed E-state index contributed by atoms with van der Waals surface area (Å²) < 4.78 is 10.3. The first-order valence-electron chi connectivity index (χ1n) is 7.38. The van der Waals surface area contributed by atoms with Crippen molar-refractivity contribution in [1.82, 2.24) is 4.98 Å². The molecule has 1 unspecified atom stereocenters. The lowest BCUT2D eigenvalue weighted by Crippen LogP contribution is -2.00. The van der Waals surface area contributed by atoms with Gasteiger partial charge in [0.1, 0.15) is 11.6 Å². The Kier molecular flexibility index (Phi) is 4.39. The minimum atomic E-state index is -0.788. The molecule has 5 nitrogen and oxygen atoms in total. The topological polar surface area (TPSA) is 72.6 Å². The van der Waals surface area contributed by atoms with Gasteiger partial charge in [-0.15, -0.1) is 0 Å². The van der Waals surface area contributed by atoms with Gasteiger partial charge in [-0.1, -0.05) is 30.3 Å². The normalized spacial score (nSPS) is 12.3. The predicted molar refractivity (Wildman–Crippen MR) is 85.1 cm³/mol. The Balaban J connectivity index is 1.75. The molecule has 0 aliphatic rings. The predicted octanol–water partition coefficient (Wildman–Crippen LogP) is 3.28. The molecule has 0 fully saturated rings. The largest absolute Gasteiger partial charge is 0.465 e. The molecule has 3 aromatic rings. The molecule has 1 atom stereocenters. The number of rotatable bonds is 5. The Labute approximate surface area is 133 Å². The molecule has 118 valence electrons. The van der Waals surface area contributed by atoms with Crippen LogP contribution in [0.25, 0.3) is 11.1 Å². The van der Waals surface area contributed by atoms with Gasteiger partial charge >= 0.3 is 5.97 Å². The van der Waals surface area contributed by atoms with E-state index in [0.29, 0.717) is 23.1 Å². The summed E-state index contributed by atoms with van der Waals surface area (Å²) in [5.74, 6) is -0.168. The third-order valence-corrected chi connectivity index (χ3v) is 3.66. The second kappa shape index (κ2) is 6.62. The van der Waals surface area contributed by atoms with Crippen LogP contribution >= 0.6 is 0 Å². The highest BCUT2D eigenvalue weighted by atomic mass is 16.5. The highest BCUT2D eigenvalue weighted by Crippen LogP contribution is 2.24. The molecule has 23 heavy (non-hydrogen) atoms. The van der Waals surface area contributed by atoms with Gasteiger partial charge in [-0.3, -0.25) is 0 Å². The van der Waals surface area contributed by atoms with Crippen LogP contribution in [0.3, 0.4) is 0 Å². The van der Waals surface area contributed by atoms with Crippen molar-refractivity contribution in [2.24, 2.45) is 0 Å². The third kappa shape index (κ3) is 3.40. The molecule has 5 heteroatoms. The lowest BCUT2D eigenvalue weighted by molar-refractivity contribution is 0.0601. The quantitative estimate of drug-likeness (QED) is 0.732. The Hall–Kier alpha value is -2.66. The Morgan fingerprint density at radius 2 is 2.04 bits per heavy atom. The highest BCUT2D eigenvalue weighted by Gasteiger charge is 2.16. The number of esters is 1. The van der Waals surface area contributed by atoms with Crippen molar-refractivity contribution in [3.63, 3.8) is 0 Å². The van der Waals surface area contributed by atoms with Gasteiger partial charge in [-0.05, 0) is 36.6 Å². The van der Waals surface area contributed by atoms with E-state index < -0.39 is 12.1 Å². The number of fused-ring (bicyclic) bond motifs is 1. The SMILES string of the molecule is COC(=O)c1ccc2oc(C(O)CCc3ccccc3)nc2c1. The second-order valence-corrected chi connectivity index (χ2v) is 5.27. The first-order chi connectivity index (χ1) is 11.2. The zero-order valence-electron chi connectivity index (χ0n) is 12.7. The van der Waals surface area contributed by atoms with E-state index in [-0.39, 0.29) is 5.89 Å². The summed E-state index contributed by atoms with van der Waals surface area (Å²) >= 11 is 0. The first-order valence-corrected chi connectivity index (χ1v) is 7.38. The fourth-order valence-corrected chi connectivity index (χ4v) is 2.40. The number of aromatic nitrogens is 1. The van der Waals surface area contributed by atoms with E-state index in [1.165, 1.54) is 7.11 Å². The molecule has 1 heterocycles. The van der Waals surface area contributed by atoms with Crippen molar-refractivity contribution in [2.75, 3.05) is 7.11 Å². The Morgan fingerprint density at radius 3 is 2.78 bits per heavy atom. The van der Waals surface area contributed by atoms with Crippen LogP contribution in [0.1, 0.15) is 34.3 Å². The van der Waals surface area contributed by atoms with Gasteiger partial charge in [0.15, 0.2) is 5.58 Å². The van der Waals surface area contributed by atoms with E-state index in [1.54, 1.807) is 18.2 Å². The smallest absolute Gasteiger partial charge is 0.337 e. The van der Waals surface area contributed by atoms with Crippen molar-refractivity contribution >= 4 is 17.1 Å². The van der Waals surface area contributed by atoms with Crippen LogP contribution in [0.2, 0.25) is 0 Å². The van der Waals surface area contributed by atoms with Gasteiger partial charge in [0.05, 0.1) is 12.7 Å². The number of carbonyl (C=O) groups excluding carboxylic acids is 1. The van der Waals surface area contributed by atoms with Crippen LogP contribution in [0.5, 0.6) is 0 Å². The van der Waals surface area contributed by atoms with Crippen LogP contribution < -0.4 is 0 Å². The number of aliphatic hydroxyl groups is 1. The van der Waals surface area contributed by atoms with E-state index in [2.05, 4.69) is 9.72 Å². The van der Waals surface area contributed by atoms with E-state index in [1.807, 2.05) is 30.3 Å². The minimum Gasteiger partial charge on any atom is -0.465 e. The molecular formula is C18H17NO4. The molecule has 0 spiro atoms. The van der Waals surface area contributed by atoms with Gasteiger partial charge in [0.25, 0.3) is 0 Å². The van der Waals surface area contributed by atoms with Crippen molar-refractivity contribution in [2.45, 2.75) is 18.9 Å². The van der Waals surface area contributed by atoms with Crippen LogP contribution in [0, 0.1) is 0 Å². The molecule has 0 saturated heterocycles. The third-order valence-electron chi connectivity index (χ3n) is 3.66. The summed E-state index contributed by atoms with van der Waals surface area (Å²) in [5, 5.41) is 10.3. The number of benzene rings is 2. The summed E-state index contributed by atoms with van der Waals surface area (Å²) in [6.07, 6.45) is 0.457. The number of hydrogen-bond acceptors (Lipinski definition) is 5. The molecular weight excluding hydrogens is 294 g/mol. The number of aliphatic hydroxyl groups excluding tert-OH is 1. The van der Waals surface area contributed by atoms with E-state index in [9.17, 15) is 9.90 Å². The van der Waals surface area contributed by atoms with Crippen LogP contribution in [-0.2, 0) is 11.2 Å².